The van der Waals surface area contributed by atoms with Crippen molar-refractivity contribution in [3.05, 3.63) is 71.0 Å². The molecule has 0 saturated carbocycles. The van der Waals surface area contributed by atoms with Crippen LogP contribution in [-0.4, -0.2) is 18.2 Å². The zero-order chi connectivity index (χ0) is 16.7. The van der Waals surface area contributed by atoms with Crippen molar-refractivity contribution in [2.45, 2.75) is 18.7 Å². The maximum atomic E-state index is 13.4. The van der Waals surface area contributed by atoms with Gasteiger partial charge in [0, 0.05) is 18.1 Å². The Morgan fingerprint density at radius 1 is 1.21 bits per heavy atom. The van der Waals surface area contributed by atoms with Crippen LogP contribution in [0.4, 0.5) is 4.39 Å². The number of halogens is 2. The molecule has 0 aliphatic rings. The molecule has 1 unspecified atom stereocenters. The molecule has 0 saturated heterocycles. The third kappa shape index (κ3) is 6.15. The molecule has 2 aromatic carbocycles. The minimum absolute atomic E-state index is 0. The number of aryl methyl sites for hydroxylation is 1. The van der Waals surface area contributed by atoms with Crippen molar-refractivity contribution in [1.29, 1.82) is 0 Å². The summed E-state index contributed by atoms with van der Waals surface area (Å²) in [6, 6.07) is 13.7. The van der Waals surface area contributed by atoms with Gasteiger partial charge in [-0.2, -0.15) is 11.8 Å². The molecule has 3 nitrogen and oxygen atoms in total. The fourth-order valence-corrected chi connectivity index (χ4v) is 2.92. The van der Waals surface area contributed by atoms with Crippen molar-refractivity contribution in [3.63, 3.8) is 0 Å². The summed E-state index contributed by atoms with van der Waals surface area (Å²) in [7, 11) is 0. The highest BCUT2D eigenvalue weighted by Gasteiger charge is 2.14. The highest BCUT2D eigenvalue weighted by molar-refractivity contribution is 7.98. The SMILES string of the molecule is Cc1ccc(C(N)C(=O)NCCSCc2ccccc2F)cc1.Cl. The molecule has 130 valence electrons. The van der Waals surface area contributed by atoms with E-state index in [1.165, 1.54) is 6.07 Å². The minimum Gasteiger partial charge on any atom is -0.354 e. The Balaban J connectivity index is 0.00000288. The third-order valence-electron chi connectivity index (χ3n) is 3.48. The van der Waals surface area contributed by atoms with Crippen LogP contribution < -0.4 is 11.1 Å². The van der Waals surface area contributed by atoms with Gasteiger partial charge in [0.2, 0.25) is 5.91 Å². The van der Waals surface area contributed by atoms with E-state index in [2.05, 4.69) is 5.32 Å². The predicted molar refractivity (Wildman–Crippen MR) is 101 cm³/mol. The monoisotopic (exact) mass is 368 g/mol. The summed E-state index contributed by atoms with van der Waals surface area (Å²) in [4.78, 5) is 12.0. The highest BCUT2D eigenvalue weighted by Crippen LogP contribution is 2.15. The molecule has 1 atom stereocenters. The number of thioether (sulfide) groups is 1. The smallest absolute Gasteiger partial charge is 0.241 e. The van der Waals surface area contributed by atoms with Crippen molar-refractivity contribution in [2.75, 3.05) is 12.3 Å². The molecule has 1 amide bonds. The summed E-state index contributed by atoms with van der Waals surface area (Å²) in [5.41, 5.74) is 8.56. The quantitative estimate of drug-likeness (QED) is 0.734. The van der Waals surface area contributed by atoms with Gasteiger partial charge in [0.1, 0.15) is 11.9 Å². The number of carbonyl (C=O) groups is 1. The number of hydrogen-bond donors (Lipinski definition) is 2. The average Bonchev–Trinajstić information content (AvgIpc) is 2.56. The molecule has 0 spiro atoms. The Kier molecular flexibility index (Phi) is 8.82. The van der Waals surface area contributed by atoms with Crippen molar-refractivity contribution in [1.82, 2.24) is 5.32 Å². The number of nitrogens with one attached hydrogen (secondary N) is 1. The van der Waals surface area contributed by atoms with Gasteiger partial charge in [0.25, 0.3) is 0 Å². The standard InChI is InChI=1S/C18H21FN2OS.ClH/c1-13-6-8-14(9-7-13)17(20)18(22)21-10-11-23-12-15-4-2-3-5-16(15)19;/h2-9,17H,10-12,20H2,1H3,(H,21,22);1H. The van der Waals surface area contributed by atoms with Gasteiger partial charge in [-0.1, -0.05) is 48.0 Å². The van der Waals surface area contributed by atoms with Crippen LogP contribution in [0.15, 0.2) is 48.5 Å². The first-order chi connectivity index (χ1) is 11.1. The molecule has 3 N–H and O–H groups in total. The van der Waals surface area contributed by atoms with Crippen molar-refractivity contribution in [2.24, 2.45) is 5.73 Å². The van der Waals surface area contributed by atoms with Crippen LogP contribution in [0.25, 0.3) is 0 Å². The average molecular weight is 369 g/mol. The largest absolute Gasteiger partial charge is 0.354 e. The van der Waals surface area contributed by atoms with E-state index in [4.69, 9.17) is 5.73 Å². The molecule has 0 fully saturated rings. The zero-order valence-corrected chi connectivity index (χ0v) is 15.1. The van der Waals surface area contributed by atoms with Crippen LogP contribution in [0, 0.1) is 12.7 Å². The first-order valence-corrected chi connectivity index (χ1v) is 8.64. The molecule has 0 heterocycles. The van der Waals surface area contributed by atoms with E-state index in [0.29, 0.717) is 23.6 Å². The molecular formula is C18H22ClFN2OS. The van der Waals surface area contributed by atoms with E-state index < -0.39 is 6.04 Å². The number of amides is 1. The molecular weight excluding hydrogens is 347 g/mol. The lowest BCUT2D eigenvalue weighted by Crippen LogP contribution is -2.35. The van der Waals surface area contributed by atoms with Crippen molar-refractivity contribution in [3.8, 4) is 0 Å². The van der Waals surface area contributed by atoms with E-state index in [1.807, 2.05) is 37.3 Å². The maximum Gasteiger partial charge on any atom is 0.241 e. The summed E-state index contributed by atoms with van der Waals surface area (Å²) < 4.78 is 13.4. The van der Waals surface area contributed by atoms with Crippen LogP contribution in [0.3, 0.4) is 0 Å². The van der Waals surface area contributed by atoms with Crippen LogP contribution in [-0.2, 0) is 10.5 Å². The Morgan fingerprint density at radius 3 is 2.54 bits per heavy atom. The van der Waals surface area contributed by atoms with Crippen LogP contribution >= 0.6 is 24.2 Å². The lowest BCUT2D eigenvalue weighted by atomic mass is 10.1. The molecule has 2 aromatic rings. The molecule has 6 heteroatoms. The molecule has 0 aromatic heterocycles. The second kappa shape index (κ2) is 10.3. The van der Waals surface area contributed by atoms with Gasteiger partial charge in [0.05, 0.1) is 0 Å². The molecule has 0 radical (unpaired) electrons. The van der Waals surface area contributed by atoms with E-state index in [9.17, 15) is 9.18 Å². The van der Waals surface area contributed by atoms with E-state index in [1.54, 1.807) is 23.9 Å². The fraction of sp³-hybridized carbons (Fsp3) is 0.278. The molecule has 0 aliphatic heterocycles. The molecule has 0 aliphatic carbocycles. The van der Waals surface area contributed by atoms with Crippen LogP contribution in [0.2, 0.25) is 0 Å². The predicted octanol–water partition coefficient (Wildman–Crippen LogP) is 3.61. The van der Waals surface area contributed by atoms with Crippen molar-refractivity contribution < 1.29 is 9.18 Å². The van der Waals surface area contributed by atoms with Gasteiger partial charge >= 0.3 is 0 Å². The number of rotatable bonds is 7. The Bertz CT molecular complexity index is 652. The second-order valence-electron chi connectivity index (χ2n) is 5.32. The summed E-state index contributed by atoms with van der Waals surface area (Å²) in [5.74, 6) is 0.915. The first kappa shape index (κ1) is 20.5. The van der Waals surface area contributed by atoms with Gasteiger partial charge < -0.3 is 11.1 Å². The van der Waals surface area contributed by atoms with E-state index in [-0.39, 0.29) is 24.1 Å². The van der Waals surface area contributed by atoms with Crippen molar-refractivity contribution >= 4 is 30.1 Å². The normalized spacial score (nSPS) is 11.5. The van der Waals surface area contributed by atoms with Gasteiger partial charge in [-0.05, 0) is 24.1 Å². The summed E-state index contributed by atoms with van der Waals surface area (Å²) >= 11 is 1.58. The number of nitrogens with two attached hydrogens (primary N) is 1. The van der Waals surface area contributed by atoms with Gasteiger partial charge in [-0.15, -0.1) is 12.4 Å². The van der Waals surface area contributed by atoms with E-state index in [0.717, 1.165) is 11.1 Å². The Hall–Kier alpha value is -1.56. The fourth-order valence-electron chi connectivity index (χ4n) is 2.08. The lowest BCUT2D eigenvalue weighted by molar-refractivity contribution is -0.122. The Morgan fingerprint density at radius 2 is 1.88 bits per heavy atom. The minimum atomic E-state index is -0.660. The zero-order valence-electron chi connectivity index (χ0n) is 13.5. The Labute approximate surface area is 152 Å². The number of carbonyl (C=O) groups excluding carboxylic acids is 1. The van der Waals surface area contributed by atoms with Gasteiger partial charge in [-0.3, -0.25) is 4.79 Å². The topological polar surface area (TPSA) is 55.1 Å². The second-order valence-corrected chi connectivity index (χ2v) is 6.43. The van der Waals surface area contributed by atoms with Crippen LogP contribution in [0.5, 0.6) is 0 Å². The lowest BCUT2D eigenvalue weighted by Gasteiger charge is -2.13. The van der Waals surface area contributed by atoms with Gasteiger partial charge in [-0.25, -0.2) is 4.39 Å². The molecule has 2 rings (SSSR count). The molecule has 0 bridgehead atoms. The number of benzene rings is 2. The summed E-state index contributed by atoms with van der Waals surface area (Å²) in [6.45, 7) is 2.50. The van der Waals surface area contributed by atoms with E-state index >= 15 is 0 Å². The summed E-state index contributed by atoms with van der Waals surface area (Å²) in [5, 5.41) is 2.82. The molecule has 24 heavy (non-hydrogen) atoms. The highest BCUT2D eigenvalue weighted by atomic mass is 35.5. The summed E-state index contributed by atoms with van der Waals surface area (Å²) in [6.07, 6.45) is 0. The van der Waals surface area contributed by atoms with Gasteiger partial charge in [0.15, 0.2) is 0 Å². The number of hydrogen-bond acceptors (Lipinski definition) is 3. The maximum absolute atomic E-state index is 13.4. The first-order valence-electron chi connectivity index (χ1n) is 7.49. The third-order valence-corrected chi connectivity index (χ3v) is 4.49. The van der Waals surface area contributed by atoms with Crippen LogP contribution in [0.1, 0.15) is 22.7 Å².